The van der Waals surface area contributed by atoms with Crippen LogP contribution in [0.3, 0.4) is 0 Å². The number of nitrogens with one attached hydrogen (secondary N) is 1. The number of hydrogen-bond donors (Lipinski definition) is 2. The van der Waals surface area contributed by atoms with Crippen LogP contribution in [-0.4, -0.2) is 29.7 Å². The number of carbonyl (C=O) groups is 2. The van der Waals surface area contributed by atoms with E-state index in [9.17, 15) is 22.8 Å². The van der Waals surface area contributed by atoms with Crippen LogP contribution in [0.2, 0.25) is 0 Å². The van der Waals surface area contributed by atoms with Gasteiger partial charge >= 0.3 is 12.1 Å². The molecule has 1 atom stereocenters. The standard InChI is InChI=1S/C6H8F3NO3/c1-3(5(12)13)4(11)10-2-6(7,8)9/h3H,2H2,1H3,(H,10,11)(H,12,13). The molecule has 0 bridgehead atoms. The average Bonchev–Trinajstić information content (AvgIpc) is 1.97. The molecule has 0 rings (SSSR count). The highest BCUT2D eigenvalue weighted by Crippen LogP contribution is 2.12. The van der Waals surface area contributed by atoms with E-state index in [1.807, 2.05) is 0 Å². The molecule has 0 saturated carbocycles. The molecule has 0 saturated heterocycles. The molecule has 0 heterocycles. The molecule has 0 fully saturated rings. The minimum absolute atomic E-state index is 1.01. The summed E-state index contributed by atoms with van der Waals surface area (Å²) < 4.78 is 34.6. The van der Waals surface area contributed by atoms with Crippen molar-refractivity contribution in [2.45, 2.75) is 13.1 Å². The van der Waals surface area contributed by atoms with E-state index in [-0.39, 0.29) is 0 Å². The predicted molar refractivity (Wildman–Crippen MR) is 35.9 cm³/mol. The number of carboxylic acid groups (broad SMARTS) is 1. The lowest BCUT2D eigenvalue weighted by atomic mass is 10.2. The highest BCUT2D eigenvalue weighted by molar-refractivity contribution is 5.96. The third-order valence-electron chi connectivity index (χ3n) is 1.23. The first-order valence-electron chi connectivity index (χ1n) is 3.31. The van der Waals surface area contributed by atoms with E-state index in [0.717, 1.165) is 6.92 Å². The number of aliphatic carboxylic acids is 1. The highest BCUT2D eigenvalue weighted by Gasteiger charge is 2.30. The Morgan fingerprint density at radius 2 is 1.92 bits per heavy atom. The summed E-state index contributed by atoms with van der Waals surface area (Å²) in [4.78, 5) is 20.8. The summed E-state index contributed by atoms with van der Waals surface area (Å²) in [6.45, 7) is -0.502. The van der Waals surface area contributed by atoms with Crippen LogP contribution in [0.5, 0.6) is 0 Å². The number of amides is 1. The topological polar surface area (TPSA) is 66.4 Å². The third kappa shape index (κ3) is 5.05. The molecule has 0 aliphatic rings. The average molecular weight is 199 g/mol. The van der Waals surface area contributed by atoms with Gasteiger partial charge in [-0.05, 0) is 6.92 Å². The molecule has 13 heavy (non-hydrogen) atoms. The lowest BCUT2D eigenvalue weighted by molar-refractivity contribution is -0.150. The van der Waals surface area contributed by atoms with Crippen molar-refractivity contribution in [3.05, 3.63) is 0 Å². The van der Waals surface area contributed by atoms with Crippen molar-refractivity contribution < 1.29 is 27.9 Å². The van der Waals surface area contributed by atoms with E-state index >= 15 is 0 Å². The first-order chi connectivity index (χ1) is 5.74. The van der Waals surface area contributed by atoms with Crippen molar-refractivity contribution in [1.29, 1.82) is 0 Å². The Kier molecular flexibility index (Phi) is 3.70. The zero-order valence-electron chi connectivity index (χ0n) is 6.68. The molecule has 0 aromatic carbocycles. The van der Waals surface area contributed by atoms with Gasteiger partial charge in [0.25, 0.3) is 0 Å². The summed E-state index contributed by atoms with van der Waals surface area (Å²) in [7, 11) is 0. The number of rotatable bonds is 3. The smallest absolute Gasteiger partial charge is 0.405 e. The van der Waals surface area contributed by atoms with E-state index in [2.05, 4.69) is 0 Å². The summed E-state index contributed by atoms with van der Waals surface area (Å²) in [6, 6.07) is 0. The van der Waals surface area contributed by atoms with Gasteiger partial charge in [0.2, 0.25) is 5.91 Å². The van der Waals surface area contributed by atoms with Gasteiger partial charge in [0.05, 0.1) is 0 Å². The van der Waals surface area contributed by atoms with Crippen molar-refractivity contribution in [2.24, 2.45) is 5.92 Å². The maximum absolute atomic E-state index is 11.5. The van der Waals surface area contributed by atoms with Crippen molar-refractivity contribution in [2.75, 3.05) is 6.54 Å². The van der Waals surface area contributed by atoms with Crippen LogP contribution in [0, 0.1) is 5.92 Å². The van der Waals surface area contributed by atoms with Crippen molar-refractivity contribution in [3.8, 4) is 0 Å². The van der Waals surface area contributed by atoms with Crippen molar-refractivity contribution in [3.63, 3.8) is 0 Å². The van der Waals surface area contributed by atoms with Crippen LogP contribution in [-0.2, 0) is 9.59 Å². The van der Waals surface area contributed by atoms with Gasteiger partial charge in [-0.2, -0.15) is 13.2 Å². The van der Waals surface area contributed by atoms with E-state index in [4.69, 9.17) is 5.11 Å². The molecule has 0 spiro atoms. The van der Waals surface area contributed by atoms with E-state index in [0.29, 0.717) is 0 Å². The molecule has 4 nitrogen and oxygen atoms in total. The van der Waals surface area contributed by atoms with Gasteiger partial charge in [-0.3, -0.25) is 9.59 Å². The van der Waals surface area contributed by atoms with Crippen LogP contribution in [0.1, 0.15) is 6.92 Å². The van der Waals surface area contributed by atoms with E-state index in [1.165, 1.54) is 5.32 Å². The van der Waals surface area contributed by atoms with Crippen LogP contribution < -0.4 is 5.32 Å². The molecule has 0 aromatic heterocycles. The first kappa shape index (κ1) is 11.7. The Morgan fingerprint density at radius 3 is 2.23 bits per heavy atom. The minimum Gasteiger partial charge on any atom is -0.481 e. The van der Waals surface area contributed by atoms with Gasteiger partial charge < -0.3 is 10.4 Å². The Hall–Kier alpha value is -1.27. The fourth-order valence-electron chi connectivity index (χ4n) is 0.453. The zero-order chi connectivity index (χ0) is 10.6. The van der Waals surface area contributed by atoms with Gasteiger partial charge in [-0.1, -0.05) is 0 Å². The maximum Gasteiger partial charge on any atom is 0.405 e. The van der Waals surface area contributed by atoms with Crippen LogP contribution in [0.4, 0.5) is 13.2 Å². The Labute approximate surface area is 71.7 Å². The lowest BCUT2D eigenvalue weighted by Gasteiger charge is -2.10. The second-order valence-corrected chi connectivity index (χ2v) is 2.39. The van der Waals surface area contributed by atoms with Gasteiger partial charge in [-0.25, -0.2) is 0 Å². The summed E-state index contributed by atoms with van der Waals surface area (Å²) in [5.41, 5.74) is 0. The normalized spacial score (nSPS) is 13.5. The summed E-state index contributed by atoms with van der Waals surface area (Å²) >= 11 is 0. The second kappa shape index (κ2) is 4.11. The van der Waals surface area contributed by atoms with E-state index < -0.39 is 30.5 Å². The molecule has 0 radical (unpaired) electrons. The summed E-state index contributed by atoms with van der Waals surface area (Å²) in [6.07, 6.45) is -4.52. The Bertz CT molecular complexity index is 214. The first-order valence-corrected chi connectivity index (χ1v) is 3.31. The minimum atomic E-state index is -4.52. The number of halogens is 3. The zero-order valence-corrected chi connectivity index (χ0v) is 6.68. The van der Waals surface area contributed by atoms with Crippen LogP contribution >= 0.6 is 0 Å². The predicted octanol–water partition coefficient (Wildman–Crippen LogP) is 0.386. The molecule has 0 aromatic rings. The molecule has 7 heteroatoms. The van der Waals surface area contributed by atoms with Crippen LogP contribution in [0.25, 0.3) is 0 Å². The summed E-state index contributed by atoms with van der Waals surface area (Å²) in [5, 5.41) is 9.70. The van der Waals surface area contributed by atoms with Crippen molar-refractivity contribution >= 4 is 11.9 Å². The largest absolute Gasteiger partial charge is 0.481 e. The maximum atomic E-state index is 11.5. The molecular weight excluding hydrogens is 191 g/mol. The third-order valence-corrected chi connectivity index (χ3v) is 1.23. The number of carboxylic acids is 1. The molecule has 0 aliphatic heterocycles. The Morgan fingerprint density at radius 1 is 1.46 bits per heavy atom. The van der Waals surface area contributed by atoms with Gasteiger partial charge in [0.1, 0.15) is 12.5 Å². The number of hydrogen-bond acceptors (Lipinski definition) is 2. The number of alkyl halides is 3. The Balaban J connectivity index is 3.96. The van der Waals surface area contributed by atoms with Crippen LogP contribution in [0.15, 0.2) is 0 Å². The molecular formula is C6H8F3NO3. The fraction of sp³-hybridized carbons (Fsp3) is 0.667. The van der Waals surface area contributed by atoms with E-state index in [1.54, 1.807) is 0 Å². The van der Waals surface area contributed by atoms with Crippen molar-refractivity contribution in [1.82, 2.24) is 5.32 Å². The molecule has 1 unspecified atom stereocenters. The van der Waals surface area contributed by atoms with Gasteiger partial charge in [-0.15, -0.1) is 0 Å². The monoisotopic (exact) mass is 199 g/mol. The highest BCUT2D eigenvalue weighted by atomic mass is 19.4. The molecule has 0 aliphatic carbocycles. The summed E-state index contributed by atoms with van der Waals surface area (Å²) in [5.74, 6) is -4.08. The molecule has 76 valence electrons. The quantitative estimate of drug-likeness (QED) is 0.646. The lowest BCUT2D eigenvalue weighted by Crippen LogP contribution is -2.39. The fourth-order valence-corrected chi connectivity index (χ4v) is 0.453. The van der Waals surface area contributed by atoms with Gasteiger partial charge in [0, 0.05) is 0 Å². The van der Waals surface area contributed by atoms with Gasteiger partial charge in [0.15, 0.2) is 0 Å². The SMILES string of the molecule is CC(C(=O)O)C(=O)NCC(F)(F)F. The molecule has 2 N–H and O–H groups in total. The number of carbonyl (C=O) groups excluding carboxylic acids is 1. The molecule has 1 amide bonds. The second-order valence-electron chi connectivity index (χ2n) is 2.39.